The molecular formula is C10H16N4O. The molecule has 15 heavy (non-hydrogen) atoms. The topological polar surface area (TPSA) is 66.0 Å². The van der Waals surface area contributed by atoms with Gasteiger partial charge in [0.15, 0.2) is 5.82 Å². The van der Waals surface area contributed by atoms with Crippen molar-refractivity contribution in [3.05, 3.63) is 6.20 Å². The van der Waals surface area contributed by atoms with E-state index >= 15 is 0 Å². The van der Waals surface area contributed by atoms with Gasteiger partial charge in [-0.1, -0.05) is 0 Å². The number of aromatic nitrogens is 3. The van der Waals surface area contributed by atoms with E-state index in [1.54, 1.807) is 11.0 Å². The molecule has 0 radical (unpaired) electrons. The molecule has 0 bridgehead atoms. The number of hydrogen-bond acceptors (Lipinski definition) is 4. The molecule has 1 unspecified atom stereocenters. The van der Waals surface area contributed by atoms with Crippen molar-refractivity contribution >= 4 is 5.82 Å². The zero-order valence-corrected chi connectivity index (χ0v) is 8.72. The molecule has 1 atom stereocenters. The third kappa shape index (κ3) is 1.61. The van der Waals surface area contributed by atoms with Crippen molar-refractivity contribution in [2.24, 2.45) is 0 Å². The Morgan fingerprint density at radius 3 is 2.93 bits per heavy atom. The molecule has 0 aromatic carbocycles. The van der Waals surface area contributed by atoms with Gasteiger partial charge in [0.2, 0.25) is 0 Å². The van der Waals surface area contributed by atoms with Crippen LogP contribution >= 0.6 is 0 Å². The minimum absolute atomic E-state index is 0.226. The largest absolute Gasteiger partial charge is 0.381 e. The number of rotatable bonds is 2. The molecule has 1 spiro atoms. The normalized spacial score (nSPS) is 28.1. The summed E-state index contributed by atoms with van der Waals surface area (Å²) in [5, 5.41) is 8.14. The molecule has 2 aliphatic rings. The zero-order chi connectivity index (χ0) is 10.3. The maximum Gasteiger partial charge on any atom is 0.165 e. The van der Waals surface area contributed by atoms with Crippen LogP contribution in [0.4, 0.5) is 5.82 Å². The zero-order valence-electron chi connectivity index (χ0n) is 8.72. The average molecular weight is 208 g/mol. The maximum absolute atomic E-state index is 6.06. The molecule has 1 saturated heterocycles. The summed E-state index contributed by atoms with van der Waals surface area (Å²) in [4.78, 5) is 1.64. The number of nitrogens with zero attached hydrogens (tertiary/aromatic N) is 3. The molecule has 2 N–H and O–H groups in total. The Labute approximate surface area is 88.6 Å². The molecule has 1 aromatic rings. The SMILES string of the molecule is Nc1cnn(CC2CCC3(CCC3)O2)n1. The van der Waals surface area contributed by atoms with Crippen LogP contribution in [0.2, 0.25) is 0 Å². The molecule has 2 heterocycles. The number of nitrogen functional groups attached to an aromatic ring is 1. The van der Waals surface area contributed by atoms with E-state index in [2.05, 4.69) is 10.2 Å². The van der Waals surface area contributed by atoms with Gasteiger partial charge in [-0.2, -0.15) is 9.90 Å². The van der Waals surface area contributed by atoms with Gasteiger partial charge < -0.3 is 10.5 Å². The third-order valence-corrected chi connectivity index (χ3v) is 3.52. The van der Waals surface area contributed by atoms with E-state index in [0.29, 0.717) is 5.82 Å². The van der Waals surface area contributed by atoms with Crippen molar-refractivity contribution in [2.75, 3.05) is 5.73 Å². The minimum Gasteiger partial charge on any atom is -0.381 e. The van der Waals surface area contributed by atoms with Crippen molar-refractivity contribution in [1.29, 1.82) is 0 Å². The first-order valence-electron chi connectivity index (χ1n) is 5.59. The summed E-state index contributed by atoms with van der Waals surface area (Å²) in [6.07, 6.45) is 7.97. The van der Waals surface area contributed by atoms with Crippen LogP contribution in [0.1, 0.15) is 32.1 Å². The van der Waals surface area contributed by atoms with E-state index in [1.165, 1.54) is 25.7 Å². The third-order valence-electron chi connectivity index (χ3n) is 3.52. The predicted octanol–water partition coefficient (Wildman–Crippen LogP) is 0.962. The minimum atomic E-state index is 0.226. The van der Waals surface area contributed by atoms with Crippen LogP contribution in [0.5, 0.6) is 0 Å². The molecule has 1 aliphatic carbocycles. The second kappa shape index (κ2) is 3.20. The number of hydrogen-bond donors (Lipinski definition) is 1. The molecule has 0 amide bonds. The Morgan fingerprint density at radius 1 is 1.53 bits per heavy atom. The number of ether oxygens (including phenoxy) is 1. The molecule has 3 rings (SSSR count). The molecule has 1 aliphatic heterocycles. The smallest absolute Gasteiger partial charge is 0.165 e. The summed E-state index contributed by atoms with van der Waals surface area (Å²) in [7, 11) is 0. The monoisotopic (exact) mass is 208 g/mol. The number of anilines is 1. The summed E-state index contributed by atoms with van der Waals surface area (Å²) in [6, 6.07) is 0. The average Bonchev–Trinajstić information content (AvgIpc) is 2.72. The van der Waals surface area contributed by atoms with E-state index in [0.717, 1.165) is 13.0 Å². The fourth-order valence-corrected chi connectivity index (χ4v) is 2.54. The first-order chi connectivity index (χ1) is 7.26. The Morgan fingerprint density at radius 2 is 2.40 bits per heavy atom. The van der Waals surface area contributed by atoms with E-state index in [-0.39, 0.29) is 11.7 Å². The van der Waals surface area contributed by atoms with Gasteiger partial charge in [-0.05, 0) is 32.1 Å². The summed E-state index contributed by atoms with van der Waals surface area (Å²) >= 11 is 0. The van der Waals surface area contributed by atoms with Crippen LogP contribution < -0.4 is 5.73 Å². The Hall–Kier alpha value is -1.10. The molecule has 5 nitrogen and oxygen atoms in total. The summed E-state index contributed by atoms with van der Waals surface area (Å²) in [5.41, 5.74) is 5.73. The van der Waals surface area contributed by atoms with Crippen LogP contribution in [0.3, 0.4) is 0 Å². The maximum atomic E-state index is 6.06. The molecule has 2 fully saturated rings. The van der Waals surface area contributed by atoms with E-state index in [9.17, 15) is 0 Å². The van der Waals surface area contributed by atoms with Gasteiger partial charge in [-0.15, -0.1) is 5.10 Å². The highest BCUT2D eigenvalue weighted by Crippen LogP contribution is 2.45. The Balaban J connectivity index is 1.61. The molecule has 82 valence electrons. The lowest BCUT2D eigenvalue weighted by molar-refractivity contribution is -0.0961. The van der Waals surface area contributed by atoms with E-state index in [1.807, 2.05) is 0 Å². The highest BCUT2D eigenvalue weighted by molar-refractivity contribution is 5.19. The van der Waals surface area contributed by atoms with Crippen LogP contribution in [-0.2, 0) is 11.3 Å². The Bertz CT molecular complexity index is 358. The lowest BCUT2D eigenvalue weighted by atomic mass is 9.78. The van der Waals surface area contributed by atoms with Crippen LogP contribution in [-0.4, -0.2) is 26.7 Å². The molecule has 5 heteroatoms. The van der Waals surface area contributed by atoms with E-state index in [4.69, 9.17) is 10.5 Å². The fourth-order valence-electron chi connectivity index (χ4n) is 2.54. The lowest BCUT2D eigenvalue weighted by Crippen LogP contribution is -2.37. The fraction of sp³-hybridized carbons (Fsp3) is 0.800. The van der Waals surface area contributed by atoms with Gasteiger partial charge >= 0.3 is 0 Å². The van der Waals surface area contributed by atoms with Crippen molar-refractivity contribution in [3.8, 4) is 0 Å². The van der Waals surface area contributed by atoms with Crippen molar-refractivity contribution in [1.82, 2.24) is 15.0 Å². The van der Waals surface area contributed by atoms with Gasteiger partial charge in [0.05, 0.1) is 24.4 Å². The summed E-state index contributed by atoms with van der Waals surface area (Å²) in [5.74, 6) is 0.478. The molecular weight excluding hydrogens is 192 g/mol. The predicted molar refractivity (Wildman–Crippen MR) is 55.1 cm³/mol. The van der Waals surface area contributed by atoms with Crippen molar-refractivity contribution in [3.63, 3.8) is 0 Å². The first-order valence-corrected chi connectivity index (χ1v) is 5.59. The van der Waals surface area contributed by atoms with Crippen molar-refractivity contribution in [2.45, 2.75) is 50.4 Å². The highest BCUT2D eigenvalue weighted by Gasteiger charge is 2.44. The van der Waals surface area contributed by atoms with Crippen LogP contribution in [0, 0.1) is 0 Å². The van der Waals surface area contributed by atoms with Gasteiger partial charge in [-0.25, -0.2) is 0 Å². The van der Waals surface area contributed by atoms with Crippen molar-refractivity contribution < 1.29 is 4.74 Å². The van der Waals surface area contributed by atoms with Crippen LogP contribution in [0.25, 0.3) is 0 Å². The number of nitrogens with two attached hydrogens (primary N) is 1. The second-order valence-electron chi connectivity index (χ2n) is 4.64. The van der Waals surface area contributed by atoms with Crippen LogP contribution in [0.15, 0.2) is 6.20 Å². The quantitative estimate of drug-likeness (QED) is 0.786. The van der Waals surface area contributed by atoms with Gasteiger partial charge in [0.1, 0.15) is 0 Å². The van der Waals surface area contributed by atoms with E-state index < -0.39 is 0 Å². The standard InChI is InChI=1S/C10H16N4O/c11-9-6-12-14(13-9)7-8-2-5-10(15-8)3-1-4-10/h6,8H,1-5,7H2,(H2,11,13). The molecule has 1 saturated carbocycles. The highest BCUT2D eigenvalue weighted by atomic mass is 16.5. The Kier molecular flexibility index (Phi) is 1.95. The van der Waals surface area contributed by atoms with Gasteiger partial charge in [-0.3, -0.25) is 0 Å². The summed E-state index contributed by atoms with van der Waals surface area (Å²) in [6.45, 7) is 0.735. The molecule has 1 aromatic heterocycles. The van der Waals surface area contributed by atoms with Gasteiger partial charge in [0, 0.05) is 0 Å². The first kappa shape index (κ1) is 9.15. The van der Waals surface area contributed by atoms with Gasteiger partial charge in [0.25, 0.3) is 0 Å². The lowest BCUT2D eigenvalue weighted by Gasteiger charge is -2.37. The second-order valence-corrected chi connectivity index (χ2v) is 4.64. The summed E-state index contributed by atoms with van der Waals surface area (Å²) < 4.78 is 6.06.